The molecule has 0 aromatic rings. The number of hydrogen-bond donors (Lipinski definition) is 0. The van der Waals surface area contributed by atoms with E-state index in [0.717, 1.165) is 11.4 Å². The predicted molar refractivity (Wildman–Crippen MR) is 57.2 cm³/mol. The van der Waals surface area contributed by atoms with Crippen molar-refractivity contribution in [2.24, 2.45) is 10.3 Å². The van der Waals surface area contributed by atoms with Gasteiger partial charge in [-0.25, -0.2) is 0 Å². The van der Waals surface area contributed by atoms with Crippen LogP contribution in [0, 0.1) is 0 Å². The van der Waals surface area contributed by atoms with E-state index in [0.29, 0.717) is 0 Å². The molecular formula is C7H15ClN2O2Si. The summed E-state index contributed by atoms with van der Waals surface area (Å²) in [6, 6.07) is 0. The molecule has 0 amide bonds. The average molecular weight is 223 g/mol. The largest absolute Gasteiger partial charge is 0.607 e. The van der Waals surface area contributed by atoms with Crippen molar-refractivity contribution in [1.29, 1.82) is 0 Å². The Hall–Kier alpha value is -0.553. The summed E-state index contributed by atoms with van der Waals surface area (Å²) < 4.78 is 10.0. The van der Waals surface area contributed by atoms with Gasteiger partial charge in [0.2, 0.25) is 0 Å². The molecule has 6 heteroatoms. The van der Waals surface area contributed by atoms with E-state index < -0.39 is 7.87 Å². The fourth-order valence-electron chi connectivity index (χ4n) is 0.362. The van der Waals surface area contributed by atoms with Crippen LogP contribution in [0.5, 0.6) is 0 Å². The molecule has 13 heavy (non-hydrogen) atoms. The van der Waals surface area contributed by atoms with Crippen LogP contribution in [0.15, 0.2) is 10.3 Å². The lowest BCUT2D eigenvalue weighted by molar-refractivity contribution is 0.206. The van der Waals surface area contributed by atoms with Gasteiger partial charge in [-0.2, -0.15) is 0 Å². The molecule has 0 aromatic heterocycles. The molecule has 0 aliphatic rings. The maximum atomic E-state index is 5.90. The Morgan fingerprint density at radius 3 is 1.54 bits per heavy atom. The van der Waals surface area contributed by atoms with Crippen molar-refractivity contribution < 1.29 is 9.05 Å². The molecule has 0 aliphatic carbocycles. The minimum Gasteiger partial charge on any atom is -0.393 e. The maximum Gasteiger partial charge on any atom is 0.607 e. The van der Waals surface area contributed by atoms with Crippen molar-refractivity contribution in [3.8, 4) is 0 Å². The lowest BCUT2D eigenvalue weighted by Gasteiger charge is -2.13. The minimum atomic E-state index is -2.73. The Labute approximate surface area is 84.5 Å². The van der Waals surface area contributed by atoms with Gasteiger partial charge in [-0.15, -0.1) is 10.3 Å². The van der Waals surface area contributed by atoms with Gasteiger partial charge in [-0.3, -0.25) is 0 Å². The highest BCUT2D eigenvalue weighted by Crippen LogP contribution is 2.13. The smallest absolute Gasteiger partial charge is 0.393 e. The molecule has 76 valence electrons. The summed E-state index contributed by atoms with van der Waals surface area (Å²) >= 11 is 5.90. The molecule has 0 radical (unpaired) electrons. The van der Waals surface area contributed by atoms with E-state index in [1.807, 2.05) is 27.7 Å². The molecule has 0 atom stereocenters. The van der Waals surface area contributed by atoms with Crippen LogP contribution in [0.4, 0.5) is 0 Å². The van der Waals surface area contributed by atoms with E-state index >= 15 is 0 Å². The van der Waals surface area contributed by atoms with Gasteiger partial charge < -0.3 is 9.05 Å². The highest BCUT2D eigenvalue weighted by molar-refractivity contribution is 7.12. The number of halogens is 1. The number of hydrogen-bond acceptors (Lipinski definition) is 4. The van der Waals surface area contributed by atoms with Gasteiger partial charge in [0.25, 0.3) is 0 Å². The second-order valence-corrected chi connectivity index (χ2v) is 7.19. The molecule has 4 nitrogen and oxygen atoms in total. The highest BCUT2D eigenvalue weighted by Gasteiger charge is 2.34. The molecule has 0 aromatic carbocycles. The highest BCUT2D eigenvalue weighted by atomic mass is 35.6. The number of nitrogens with zero attached hydrogens (tertiary/aromatic N) is 2. The van der Waals surface area contributed by atoms with Crippen molar-refractivity contribution in [2.75, 3.05) is 0 Å². The zero-order valence-electron chi connectivity index (χ0n) is 8.59. The monoisotopic (exact) mass is 222 g/mol. The van der Waals surface area contributed by atoms with Gasteiger partial charge >= 0.3 is 7.87 Å². The summed E-state index contributed by atoms with van der Waals surface area (Å²) in [5.41, 5.74) is 1.58. The van der Waals surface area contributed by atoms with Gasteiger partial charge in [0.05, 0.1) is 0 Å². The van der Waals surface area contributed by atoms with Crippen LogP contribution in [0.1, 0.15) is 27.7 Å². The third kappa shape index (κ3) is 7.80. The van der Waals surface area contributed by atoms with Crippen molar-refractivity contribution in [3.63, 3.8) is 0 Å². The fraction of sp³-hybridized carbons (Fsp3) is 0.714. The SMILES string of the molecule is CC(C)=NO[Si](C)(Cl)ON=C(C)C. The fourth-order valence-corrected chi connectivity index (χ4v) is 1.29. The normalized spacial score (nSPS) is 10.3. The summed E-state index contributed by atoms with van der Waals surface area (Å²) in [6.45, 7) is 8.92. The van der Waals surface area contributed by atoms with E-state index in [9.17, 15) is 0 Å². The van der Waals surface area contributed by atoms with Gasteiger partial charge in [0.15, 0.2) is 0 Å². The molecule has 0 rings (SSSR count). The maximum absolute atomic E-state index is 5.90. The van der Waals surface area contributed by atoms with Crippen molar-refractivity contribution in [3.05, 3.63) is 0 Å². The van der Waals surface area contributed by atoms with E-state index in [1.165, 1.54) is 0 Å². The first kappa shape index (κ1) is 12.4. The molecule has 0 fully saturated rings. The predicted octanol–water partition coefficient (Wildman–Crippen LogP) is 2.62. The summed E-state index contributed by atoms with van der Waals surface area (Å²) in [4.78, 5) is 0. The average Bonchev–Trinajstić information content (AvgIpc) is 1.98. The zero-order chi connectivity index (χ0) is 10.5. The van der Waals surface area contributed by atoms with E-state index in [1.54, 1.807) is 6.55 Å². The molecule has 0 heterocycles. The van der Waals surface area contributed by atoms with Gasteiger partial charge in [-0.05, 0) is 27.7 Å². The minimum absolute atomic E-state index is 0.792. The van der Waals surface area contributed by atoms with E-state index in [-0.39, 0.29) is 0 Å². The van der Waals surface area contributed by atoms with Crippen molar-refractivity contribution >= 4 is 30.4 Å². The molecule has 0 unspecified atom stereocenters. The van der Waals surface area contributed by atoms with Gasteiger partial charge in [0, 0.05) is 18.0 Å². The van der Waals surface area contributed by atoms with Gasteiger partial charge in [-0.1, -0.05) is 11.1 Å². The Bertz CT molecular complexity index is 199. The van der Waals surface area contributed by atoms with Crippen LogP contribution in [0.2, 0.25) is 6.55 Å². The third-order valence-corrected chi connectivity index (χ3v) is 2.03. The Morgan fingerprint density at radius 1 is 1.00 bits per heavy atom. The van der Waals surface area contributed by atoms with Crippen LogP contribution in [-0.4, -0.2) is 19.3 Å². The lowest BCUT2D eigenvalue weighted by atomic mass is 10.5. The van der Waals surface area contributed by atoms with Crippen molar-refractivity contribution in [2.45, 2.75) is 34.2 Å². The first-order valence-corrected chi connectivity index (χ1v) is 7.24. The van der Waals surface area contributed by atoms with E-state index in [2.05, 4.69) is 10.3 Å². The molecule has 0 saturated carbocycles. The van der Waals surface area contributed by atoms with Gasteiger partial charge in [0.1, 0.15) is 0 Å². The van der Waals surface area contributed by atoms with Crippen LogP contribution >= 0.6 is 11.1 Å². The number of rotatable bonds is 4. The standard InChI is InChI=1S/C7H15ClN2O2Si/c1-6(2)9-11-13(5,8)12-10-7(3)4/h1-5H3. The van der Waals surface area contributed by atoms with Crippen molar-refractivity contribution in [1.82, 2.24) is 0 Å². The molecule has 0 N–H and O–H groups in total. The van der Waals surface area contributed by atoms with Crippen LogP contribution in [-0.2, 0) is 9.05 Å². The Kier molecular flexibility index (Phi) is 5.01. The first-order chi connectivity index (χ1) is 5.83. The Morgan fingerprint density at radius 2 is 1.31 bits per heavy atom. The summed E-state index contributed by atoms with van der Waals surface area (Å²) in [6.07, 6.45) is 0. The van der Waals surface area contributed by atoms with Crippen LogP contribution < -0.4 is 0 Å². The second-order valence-electron chi connectivity index (χ2n) is 3.09. The zero-order valence-corrected chi connectivity index (χ0v) is 10.3. The molecule has 0 spiro atoms. The number of oxime groups is 2. The summed E-state index contributed by atoms with van der Waals surface area (Å²) in [7, 11) is -2.73. The third-order valence-electron chi connectivity index (χ3n) is 0.783. The topological polar surface area (TPSA) is 43.2 Å². The molecule has 0 saturated heterocycles. The van der Waals surface area contributed by atoms with Crippen LogP contribution in [0.25, 0.3) is 0 Å². The quantitative estimate of drug-likeness (QED) is 0.318. The first-order valence-electron chi connectivity index (χ1n) is 3.91. The summed E-state index contributed by atoms with van der Waals surface area (Å²) in [5.74, 6) is 0. The molecule has 0 aliphatic heterocycles. The van der Waals surface area contributed by atoms with E-state index in [4.69, 9.17) is 20.1 Å². The Balaban J connectivity index is 4.09. The summed E-state index contributed by atoms with van der Waals surface area (Å²) in [5, 5.41) is 7.45. The molecule has 0 bridgehead atoms. The lowest BCUT2D eigenvalue weighted by Crippen LogP contribution is -2.28. The second kappa shape index (κ2) is 5.24. The molecular weight excluding hydrogens is 208 g/mol. The van der Waals surface area contributed by atoms with Crippen LogP contribution in [0.3, 0.4) is 0 Å².